The van der Waals surface area contributed by atoms with Gasteiger partial charge in [-0.05, 0) is 6.42 Å². The zero-order valence-corrected chi connectivity index (χ0v) is 7.71. The van der Waals surface area contributed by atoms with Crippen LogP contribution >= 0.6 is 0 Å². The van der Waals surface area contributed by atoms with Crippen molar-refractivity contribution < 1.29 is 14.3 Å². The van der Waals surface area contributed by atoms with Gasteiger partial charge in [-0.2, -0.15) is 5.26 Å². The van der Waals surface area contributed by atoms with Gasteiger partial charge in [0.2, 0.25) is 0 Å². The lowest BCUT2D eigenvalue weighted by Gasteiger charge is -2.03. The van der Waals surface area contributed by atoms with Crippen LogP contribution in [0.2, 0.25) is 0 Å². The molecule has 72 valence electrons. The first-order valence-corrected chi connectivity index (χ1v) is 4.06. The van der Waals surface area contributed by atoms with Crippen molar-refractivity contribution >= 4 is 5.97 Å². The summed E-state index contributed by atoms with van der Waals surface area (Å²) >= 11 is 0. The van der Waals surface area contributed by atoms with Gasteiger partial charge in [-0.15, -0.1) is 0 Å². The number of rotatable bonds is 6. The van der Waals surface area contributed by atoms with Gasteiger partial charge in [-0.1, -0.05) is 13.5 Å². The average molecular weight is 183 g/mol. The van der Waals surface area contributed by atoms with E-state index in [1.165, 1.54) is 0 Å². The summed E-state index contributed by atoms with van der Waals surface area (Å²) in [7, 11) is 0. The summed E-state index contributed by atoms with van der Waals surface area (Å²) < 4.78 is 9.71. The Morgan fingerprint density at radius 2 is 2.15 bits per heavy atom. The van der Waals surface area contributed by atoms with E-state index in [1.807, 2.05) is 6.92 Å². The van der Waals surface area contributed by atoms with Crippen molar-refractivity contribution in [2.24, 2.45) is 0 Å². The summed E-state index contributed by atoms with van der Waals surface area (Å²) in [5, 5.41) is 8.26. The van der Waals surface area contributed by atoms with Crippen LogP contribution in [-0.4, -0.2) is 25.8 Å². The van der Waals surface area contributed by atoms with Gasteiger partial charge < -0.3 is 9.47 Å². The topological polar surface area (TPSA) is 59.3 Å². The molecule has 0 fully saturated rings. The molecule has 0 rings (SSSR count). The quantitative estimate of drug-likeness (QED) is 0.267. The number of nitrogens with zero attached hydrogens (tertiary/aromatic N) is 1. The zero-order valence-electron chi connectivity index (χ0n) is 7.71. The molecule has 0 aliphatic heterocycles. The Morgan fingerprint density at radius 1 is 1.46 bits per heavy atom. The summed E-state index contributed by atoms with van der Waals surface area (Å²) in [5.41, 5.74) is -0.185. The number of carbonyl (C=O) groups excluding carboxylic acids is 1. The maximum Gasteiger partial charge on any atom is 0.348 e. The number of carbonyl (C=O) groups is 1. The fourth-order valence-corrected chi connectivity index (χ4v) is 0.572. The van der Waals surface area contributed by atoms with E-state index in [1.54, 1.807) is 6.07 Å². The predicted octanol–water partition coefficient (Wildman–Crippen LogP) is 1.04. The minimum atomic E-state index is -0.678. The maximum atomic E-state index is 10.8. The Labute approximate surface area is 77.8 Å². The minimum absolute atomic E-state index is 0.166. The van der Waals surface area contributed by atoms with Crippen LogP contribution in [0, 0.1) is 11.3 Å². The van der Waals surface area contributed by atoms with E-state index in [4.69, 9.17) is 10.00 Å². The molecule has 0 aliphatic carbocycles. The van der Waals surface area contributed by atoms with Gasteiger partial charge in [0, 0.05) is 6.61 Å². The van der Waals surface area contributed by atoms with Crippen molar-refractivity contribution in [2.45, 2.75) is 13.3 Å². The third-order valence-electron chi connectivity index (χ3n) is 1.19. The minimum Gasteiger partial charge on any atom is -0.459 e. The summed E-state index contributed by atoms with van der Waals surface area (Å²) in [6.45, 7) is 6.38. The molecule has 0 aliphatic rings. The molecule has 0 aromatic carbocycles. The van der Waals surface area contributed by atoms with Crippen molar-refractivity contribution in [2.75, 3.05) is 19.8 Å². The Balaban J connectivity index is 3.39. The van der Waals surface area contributed by atoms with Crippen LogP contribution in [0.3, 0.4) is 0 Å². The van der Waals surface area contributed by atoms with Gasteiger partial charge in [0.1, 0.15) is 18.2 Å². The van der Waals surface area contributed by atoms with E-state index in [0.29, 0.717) is 13.2 Å². The second-order valence-corrected chi connectivity index (χ2v) is 2.34. The first kappa shape index (κ1) is 11.7. The molecule has 0 radical (unpaired) electrons. The molecule has 0 spiro atoms. The summed E-state index contributed by atoms with van der Waals surface area (Å²) in [4.78, 5) is 10.8. The van der Waals surface area contributed by atoms with Crippen molar-refractivity contribution in [3.05, 3.63) is 12.2 Å². The van der Waals surface area contributed by atoms with E-state index in [-0.39, 0.29) is 12.2 Å². The lowest BCUT2D eigenvalue weighted by Crippen LogP contribution is -2.11. The standard InChI is InChI=1S/C9H13NO3/c1-3-4-12-5-6-13-9(11)8(2)7-10/h2-6H2,1H3. The molecule has 0 N–H and O–H groups in total. The molecule has 0 aromatic rings. The molecule has 4 heteroatoms. The third-order valence-corrected chi connectivity index (χ3v) is 1.19. The fourth-order valence-electron chi connectivity index (χ4n) is 0.572. The lowest BCUT2D eigenvalue weighted by molar-refractivity contribution is -0.140. The fraction of sp³-hybridized carbons (Fsp3) is 0.556. The second-order valence-electron chi connectivity index (χ2n) is 2.34. The molecule has 13 heavy (non-hydrogen) atoms. The Morgan fingerprint density at radius 3 is 2.69 bits per heavy atom. The normalized spacial score (nSPS) is 8.92. The van der Waals surface area contributed by atoms with Crippen molar-refractivity contribution in [1.82, 2.24) is 0 Å². The van der Waals surface area contributed by atoms with Crippen LogP contribution in [0.5, 0.6) is 0 Å². The molecule has 0 amide bonds. The highest BCUT2D eigenvalue weighted by Crippen LogP contribution is 1.91. The molecule has 0 bridgehead atoms. The molecular weight excluding hydrogens is 170 g/mol. The number of hydrogen-bond acceptors (Lipinski definition) is 4. The smallest absolute Gasteiger partial charge is 0.348 e. The predicted molar refractivity (Wildman–Crippen MR) is 46.8 cm³/mol. The second kappa shape index (κ2) is 7.32. The van der Waals surface area contributed by atoms with Crippen molar-refractivity contribution in [3.8, 4) is 6.07 Å². The first-order valence-electron chi connectivity index (χ1n) is 4.06. The van der Waals surface area contributed by atoms with Crippen molar-refractivity contribution in [3.63, 3.8) is 0 Å². The SMILES string of the molecule is C=C(C#N)C(=O)OCCOCCC. The number of hydrogen-bond donors (Lipinski definition) is 0. The summed E-state index contributed by atoms with van der Waals surface area (Å²) in [6.07, 6.45) is 0.929. The van der Waals surface area contributed by atoms with Gasteiger partial charge in [0.05, 0.1) is 6.61 Å². The Bertz CT molecular complexity index is 217. The third kappa shape index (κ3) is 5.88. The van der Waals surface area contributed by atoms with E-state index in [2.05, 4.69) is 11.3 Å². The number of esters is 1. The molecular formula is C9H13NO3. The molecule has 0 aromatic heterocycles. The highest BCUT2D eigenvalue weighted by molar-refractivity contribution is 5.91. The monoisotopic (exact) mass is 183 g/mol. The molecule has 0 saturated heterocycles. The van der Waals surface area contributed by atoms with Crippen LogP contribution in [0.1, 0.15) is 13.3 Å². The average Bonchev–Trinajstić information content (AvgIpc) is 2.16. The lowest BCUT2D eigenvalue weighted by atomic mass is 10.3. The van der Waals surface area contributed by atoms with Gasteiger partial charge in [-0.3, -0.25) is 0 Å². The number of ether oxygens (including phenoxy) is 2. The van der Waals surface area contributed by atoms with Crippen LogP contribution < -0.4 is 0 Å². The largest absolute Gasteiger partial charge is 0.459 e. The Hall–Kier alpha value is -1.34. The zero-order chi connectivity index (χ0) is 10.1. The highest BCUT2D eigenvalue weighted by Gasteiger charge is 2.05. The summed E-state index contributed by atoms with van der Waals surface area (Å²) in [6, 6.07) is 1.61. The van der Waals surface area contributed by atoms with E-state index in [9.17, 15) is 4.79 Å². The number of nitriles is 1. The maximum absolute atomic E-state index is 10.8. The van der Waals surface area contributed by atoms with Gasteiger partial charge >= 0.3 is 5.97 Å². The van der Waals surface area contributed by atoms with Gasteiger partial charge in [-0.25, -0.2) is 4.79 Å². The van der Waals surface area contributed by atoms with E-state index >= 15 is 0 Å². The van der Waals surface area contributed by atoms with E-state index in [0.717, 1.165) is 6.42 Å². The highest BCUT2D eigenvalue weighted by atomic mass is 16.6. The van der Waals surface area contributed by atoms with Crippen LogP contribution in [0.15, 0.2) is 12.2 Å². The van der Waals surface area contributed by atoms with Gasteiger partial charge in [0.25, 0.3) is 0 Å². The van der Waals surface area contributed by atoms with E-state index < -0.39 is 5.97 Å². The molecule has 0 saturated carbocycles. The molecule has 0 unspecified atom stereocenters. The van der Waals surface area contributed by atoms with Gasteiger partial charge in [0.15, 0.2) is 0 Å². The molecule has 0 atom stereocenters. The summed E-state index contributed by atoms with van der Waals surface area (Å²) in [5.74, 6) is -0.678. The first-order chi connectivity index (χ1) is 6.22. The Kier molecular flexibility index (Phi) is 6.56. The van der Waals surface area contributed by atoms with Crippen LogP contribution in [0.25, 0.3) is 0 Å². The van der Waals surface area contributed by atoms with Crippen LogP contribution in [-0.2, 0) is 14.3 Å². The molecule has 4 nitrogen and oxygen atoms in total. The van der Waals surface area contributed by atoms with Crippen LogP contribution in [0.4, 0.5) is 0 Å². The molecule has 0 heterocycles. The van der Waals surface area contributed by atoms with Crippen molar-refractivity contribution in [1.29, 1.82) is 5.26 Å².